The first kappa shape index (κ1) is 13.9. The van der Waals surface area contributed by atoms with Crippen molar-refractivity contribution >= 4 is 15.9 Å². The molecule has 0 aliphatic rings. The number of benzene rings is 1. The molecule has 1 aromatic carbocycles. The third-order valence-electron chi connectivity index (χ3n) is 3.10. The molecular formula is C15H14BrN5. The number of aryl methyl sites for hydroxylation is 2. The van der Waals surface area contributed by atoms with E-state index in [4.69, 9.17) is 0 Å². The van der Waals surface area contributed by atoms with E-state index in [1.165, 1.54) is 5.56 Å². The second-order valence-corrected chi connectivity index (χ2v) is 5.58. The van der Waals surface area contributed by atoms with Gasteiger partial charge in [-0.15, -0.1) is 5.10 Å². The van der Waals surface area contributed by atoms with Crippen molar-refractivity contribution in [2.24, 2.45) is 0 Å². The number of hydrogen-bond donors (Lipinski definition) is 0. The Hall–Kier alpha value is -2.08. The summed E-state index contributed by atoms with van der Waals surface area (Å²) < 4.78 is 2.94. The maximum atomic E-state index is 4.17. The zero-order valence-corrected chi connectivity index (χ0v) is 12.9. The Morgan fingerprint density at radius 2 is 1.81 bits per heavy atom. The van der Waals surface area contributed by atoms with Crippen LogP contribution >= 0.6 is 15.9 Å². The van der Waals surface area contributed by atoms with Crippen LogP contribution in [0.2, 0.25) is 0 Å². The lowest BCUT2D eigenvalue weighted by Crippen LogP contribution is -2.00. The summed E-state index contributed by atoms with van der Waals surface area (Å²) in [5, 5.41) is 8.22. The Morgan fingerprint density at radius 1 is 1.05 bits per heavy atom. The molecule has 0 saturated carbocycles. The third-order valence-corrected chi connectivity index (χ3v) is 3.63. The monoisotopic (exact) mass is 343 g/mol. The van der Waals surface area contributed by atoms with Gasteiger partial charge in [-0.25, -0.2) is 9.97 Å². The molecule has 6 heteroatoms. The fourth-order valence-corrected chi connectivity index (χ4v) is 2.30. The molecule has 21 heavy (non-hydrogen) atoms. The molecule has 2 heterocycles. The van der Waals surface area contributed by atoms with Gasteiger partial charge in [-0.05, 0) is 36.6 Å². The van der Waals surface area contributed by atoms with Crippen molar-refractivity contribution in [2.45, 2.75) is 19.4 Å². The van der Waals surface area contributed by atoms with Crippen molar-refractivity contribution in [1.82, 2.24) is 25.0 Å². The third kappa shape index (κ3) is 3.72. The summed E-state index contributed by atoms with van der Waals surface area (Å²) in [7, 11) is 0. The molecular weight excluding hydrogens is 330 g/mol. The summed E-state index contributed by atoms with van der Waals surface area (Å²) in [5.74, 6) is 0.608. The molecule has 0 N–H and O–H groups in total. The number of hydrogen-bond acceptors (Lipinski definition) is 4. The van der Waals surface area contributed by atoms with Crippen molar-refractivity contribution in [3.8, 4) is 11.5 Å². The standard InChI is InChI=1S/C15H14BrN5/c16-13-6-4-12(5-7-13)3-1-10-21-11-14(19-20-21)15-17-8-2-9-18-15/h2,4-9,11H,1,3,10H2. The van der Waals surface area contributed by atoms with Crippen LogP contribution < -0.4 is 0 Å². The Balaban J connectivity index is 1.57. The van der Waals surface area contributed by atoms with E-state index in [-0.39, 0.29) is 0 Å². The molecule has 3 rings (SSSR count). The van der Waals surface area contributed by atoms with Crippen LogP contribution in [0.5, 0.6) is 0 Å². The minimum Gasteiger partial charge on any atom is -0.252 e. The molecule has 0 aliphatic heterocycles. The highest BCUT2D eigenvalue weighted by Gasteiger charge is 2.05. The first-order valence-corrected chi connectivity index (χ1v) is 7.52. The molecule has 0 radical (unpaired) electrons. The highest BCUT2D eigenvalue weighted by Crippen LogP contribution is 2.13. The minimum absolute atomic E-state index is 0.608. The Bertz CT molecular complexity index is 694. The number of nitrogens with zero attached hydrogens (tertiary/aromatic N) is 5. The van der Waals surface area contributed by atoms with Gasteiger partial charge in [0.1, 0.15) is 5.69 Å². The molecule has 3 aromatic rings. The van der Waals surface area contributed by atoms with E-state index >= 15 is 0 Å². The predicted molar refractivity (Wildman–Crippen MR) is 83.5 cm³/mol. The molecule has 0 bridgehead atoms. The topological polar surface area (TPSA) is 56.5 Å². The molecule has 0 amide bonds. The van der Waals surface area contributed by atoms with Crippen LogP contribution in [0.3, 0.4) is 0 Å². The fourth-order valence-electron chi connectivity index (χ4n) is 2.04. The second-order valence-electron chi connectivity index (χ2n) is 4.67. The van der Waals surface area contributed by atoms with Crippen LogP contribution in [-0.2, 0) is 13.0 Å². The highest BCUT2D eigenvalue weighted by molar-refractivity contribution is 9.10. The molecule has 0 unspecified atom stereocenters. The van der Waals surface area contributed by atoms with E-state index in [1.807, 2.05) is 10.9 Å². The largest absolute Gasteiger partial charge is 0.252 e. The van der Waals surface area contributed by atoms with Gasteiger partial charge >= 0.3 is 0 Å². The van der Waals surface area contributed by atoms with Gasteiger partial charge in [-0.1, -0.05) is 33.3 Å². The van der Waals surface area contributed by atoms with E-state index in [9.17, 15) is 0 Å². The Kier molecular flexibility index (Phi) is 4.35. The molecule has 0 saturated heterocycles. The van der Waals surface area contributed by atoms with Crippen LogP contribution in [0.15, 0.2) is 53.4 Å². The van der Waals surface area contributed by atoms with Crippen LogP contribution in [0, 0.1) is 0 Å². The normalized spacial score (nSPS) is 10.7. The molecule has 2 aromatic heterocycles. The summed E-state index contributed by atoms with van der Waals surface area (Å²) in [4.78, 5) is 8.33. The molecule has 0 spiro atoms. The Labute approximate surface area is 131 Å². The maximum Gasteiger partial charge on any atom is 0.181 e. The van der Waals surface area contributed by atoms with Gasteiger partial charge in [0.05, 0.1) is 6.20 Å². The summed E-state index contributed by atoms with van der Waals surface area (Å²) >= 11 is 3.44. The lowest BCUT2D eigenvalue weighted by Gasteiger charge is -2.01. The zero-order chi connectivity index (χ0) is 14.5. The summed E-state index contributed by atoms with van der Waals surface area (Å²) in [6.45, 7) is 0.829. The first-order chi connectivity index (χ1) is 10.3. The Morgan fingerprint density at radius 3 is 2.57 bits per heavy atom. The van der Waals surface area contributed by atoms with Crippen molar-refractivity contribution in [3.63, 3.8) is 0 Å². The molecule has 0 fully saturated rings. The van der Waals surface area contributed by atoms with E-state index in [1.54, 1.807) is 18.5 Å². The van der Waals surface area contributed by atoms with E-state index < -0.39 is 0 Å². The van der Waals surface area contributed by atoms with E-state index in [2.05, 4.69) is 60.5 Å². The van der Waals surface area contributed by atoms with Crippen molar-refractivity contribution < 1.29 is 0 Å². The quantitative estimate of drug-likeness (QED) is 0.714. The van der Waals surface area contributed by atoms with Crippen molar-refractivity contribution in [1.29, 1.82) is 0 Å². The van der Waals surface area contributed by atoms with E-state index in [0.29, 0.717) is 11.5 Å². The smallest absolute Gasteiger partial charge is 0.181 e. The fraction of sp³-hybridized carbons (Fsp3) is 0.200. The maximum absolute atomic E-state index is 4.17. The second kappa shape index (κ2) is 6.58. The first-order valence-electron chi connectivity index (χ1n) is 6.73. The number of rotatable bonds is 5. The average Bonchev–Trinajstić information content (AvgIpc) is 2.99. The van der Waals surface area contributed by atoms with Gasteiger partial charge < -0.3 is 0 Å². The van der Waals surface area contributed by atoms with E-state index in [0.717, 1.165) is 23.9 Å². The number of aromatic nitrogens is 5. The SMILES string of the molecule is Brc1ccc(CCCn2cc(-c3ncccn3)nn2)cc1. The zero-order valence-electron chi connectivity index (χ0n) is 11.4. The molecule has 0 aliphatic carbocycles. The summed E-state index contributed by atoms with van der Waals surface area (Å²) in [6, 6.07) is 10.2. The van der Waals surface area contributed by atoms with Crippen LogP contribution in [0.25, 0.3) is 11.5 Å². The van der Waals surface area contributed by atoms with Gasteiger partial charge in [0.15, 0.2) is 5.82 Å². The van der Waals surface area contributed by atoms with Crippen LogP contribution in [0.1, 0.15) is 12.0 Å². The summed E-state index contributed by atoms with van der Waals surface area (Å²) in [5.41, 5.74) is 2.03. The predicted octanol–water partition coefficient (Wildman–Crippen LogP) is 3.13. The summed E-state index contributed by atoms with van der Waals surface area (Å²) in [6.07, 6.45) is 7.32. The van der Waals surface area contributed by atoms with Gasteiger partial charge in [0.2, 0.25) is 0 Å². The number of halogens is 1. The van der Waals surface area contributed by atoms with Gasteiger partial charge in [0.25, 0.3) is 0 Å². The van der Waals surface area contributed by atoms with Crippen molar-refractivity contribution in [2.75, 3.05) is 0 Å². The minimum atomic E-state index is 0.608. The highest BCUT2D eigenvalue weighted by atomic mass is 79.9. The van der Waals surface area contributed by atoms with Gasteiger partial charge in [-0.3, -0.25) is 4.68 Å². The molecule has 5 nitrogen and oxygen atoms in total. The van der Waals surface area contributed by atoms with Crippen molar-refractivity contribution in [3.05, 3.63) is 59.0 Å². The molecule has 106 valence electrons. The van der Waals surface area contributed by atoms with Crippen LogP contribution in [0.4, 0.5) is 0 Å². The lowest BCUT2D eigenvalue weighted by atomic mass is 10.1. The molecule has 0 atom stereocenters. The lowest BCUT2D eigenvalue weighted by molar-refractivity contribution is 0.559. The average molecular weight is 344 g/mol. The van der Waals surface area contributed by atoms with Crippen LogP contribution in [-0.4, -0.2) is 25.0 Å². The van der Waals surface area contributed by atoms with Gasteiger partial charge in [0, 0.05) is 23.4 Å². The van der Waals surface area contributed by atoms with Gasteiger partial charge in [-0.2, -0.15) is 0 Å².